The molecule has 248 valence electrons. The molecular weight excluding hydrogens is 604 g/mol. The standard InChI is InChI=1S/C39H49FN5OP/c1-45(2)39-43-37(42-38(41)44-39)32-26-28-33(29-27-32)46-30-18-7-5-3-4-6-8-19-31-47(40,34-20-12-9-13-21-34,35-22-14-10-15-23-35)36-24-16-11-17-25-36/h9-17,20-29,37H,3-8,18-19,30-31H2,1-2H3,(H3,41,42,43,44). The summed E-state index contributed by atoms with van der Waals surface area (Å²) in [6.07, 6.45) is 8.91. The zero-order valence-electron chi connectivity index (χ0n) is 27.8. The van der Waals surface area contributed by atoms with E-state index in [1.165, 1.54) is 19.3 Å². The van der Waals surface area contributed by atoms with Crippen molar-refractivity contribution in [3.05, 3.63) is 121 Å². The average molecular weight is 654 g/mol. The van der Waals surface area contributed by atoms with Crippen molar-refractivity contribution in [2.24, 2.45) is 15.7 Å². The van der Waals surface area contributed by atoms with Crippen molar-refractivity contribution in [1.82, 2.24) is 10.2 Å². The smallest absolute Gasteiger partial charge is 0.197 e. The third kappa shape index (κ3) is 8.20. The molecule has 3 N–H and O–H groups in total. The second-order valence-corrected chi connectivity index (χ2v) is 16.9. The van der Waals surface area contributed by atoms with E-state index >= 15 is 4.20 Å². The molecule has 5 rings (SSSR count). The number of guanidine groups is 2. The van der Waals surface area contributed by atoms with Crippen molar-refractivity contribution < 1.29 is 8.93 Å². The minimum absolute atomic E-state index is 0.359. The second-order valence-electron chi connectivity index (χ2n) is 12.5. The minimum atomic E-state index is -4.11. The van der Waals surface area contributed by atoms with Crippen molar-refractivity contribution in [1.29, 1.82) is 0 Å². The van der Waals surface area contributed by atoms with Crippen molar-refractivity contribution in [3.63, 3.8) is 0 Å². The summed E-state index contributed by atoms with van der Waals surface area (Å²) < 4.78 is 24.5. The maximum absolute atomic E-state index is 18.5. The van der Waals surface area contributed by atoms with Gasteiger partial charge in [0.1, 0.15) is 0 Å². The van der Waals surface area contributed by atoms with Gasteiger partial charge in [0.25, 0.3) is 0 Å². The van der Waals surface area contributed by atoms with Gasteiger partial charge >= 0.3 is 193 Å². The topological polar surface area (TPSA) is 75.2 Å². The maximum atomic E-state index is 18.5. The Balaban J connectivity index is 1.04. The summed E-state index contributed by atoms with van der Waals surface area (Å²) in [5, 5.41) is 5.44. The Labute approximate surface area is 280 Å². The number of unbranched alkanes of at least 4 members (excludes halogenated alkanes) is 7. The zero-order valence-corrected chi connectivity index (χ0v) is 28.7. The van der Waals surface area contributed by atoms with E-state index in [0.717, 1.165) is 59.3 Å². The zero-order chi connectivity index (χ0) is 33.0. The van der Waals surface area contributed by atoms with Crippen LogP contribution in [0.15, 0.2) is 125 Å². The van der Waals surface area contributed by atoms with Gasteiger partial charge < -0.3 is 10.6 Å². The number of rotatable bonds is 16. The molecule has 8 heteroatoms. The van der Waals surface area contributed by atoms with Crippen LogP contribution in [0.4, 0.5) is 4.20 Å². The number of nitrogens with one attached hydrogen (secondary N) is 1. The number of hydrogen-bond acceptors (Lipinski definition) is 6. The fraction of sp³-hybridized carbons (Fsp3) is 0.333. The number of halogens is 1. The summed E-state index contributed by atoms with van der Waals surface area (Å²) in [4.78, 5) is 10.9. The number of nitrogens with zero attached hydrogens (tertiary/aromatic N) is 3. The Morgan fingerprint density at radius 3 is 1.62 bits per heavy atom. The van der Waals surface area contributed by atoms with E-state index in [1.807, 2.05) is 134 Å². The van der Waals surface area contributed by atoms with Crippen LogP contribution in [0.2, 0.25) is 0 Å². The van der Waals surface area contributed by atoms with Crippen LogP contribution < -0.4 is 31.7 Å². The first-order valence-corrected chi connectivity index (χ1v) is 19.2. The van der Waals surface area contributed by atoms with Crippen LogP contribution in [-0.2, 0) is 0 Å². The molecule has 0 aliphatic carbocycles. The molecule has 0 bridgehead atoms. The molecule has 47 heavy (non-hydrogen) atoms. The van der Waals surface area contributed by atoms with Crippen LogP contribution in [0.5, 0.6) is 5.75 Å². The fourth-order valence-electron chi connectivity index (χ4n) is 6.38. The van der Waals surface area contributed by atoms with Gasteiger partial charge in [-0.1, -0.05) is 12.1 Å². The van der Waals surface area contributed by atoms with Crippen molar-refractivity contribution >= 4 is 34.7 Å². The third-order valence-corrected chi connectivity index (χ3v) is 14.3. The van der Waals surface area contributed by atoms with E-state index in [-0.39, 0.29) is 6.17 Å². The minimum Gasteiger partial charge on any atom is -0.370 e. The molecule has 6 nitrogen and oxygen atoms in total. The first-order chi connectivity index (χ1) is 22.9. The van der Waals surface area contributed by atoms with Gasteiger partial charge in [0.05, 0.1) is 0 Å². The molecule has 1 atom stereocenters. The monoisotopic (exact) mass is 653 g/mol. The van der Waals surface area contributed by atoms with Gasteiger partial charge in [-0.15, -0.1) is 0 Å². The predicted octanol–water partition coefficient (Wildman–Crippen LogP) is 7.43. The van der Waals surface area contributed by atoms with Gasteiger partial charge in [-0.2, -0.15) is 0 Å². The van der Waals surface area contributed by atoms with E-state index in [2.05, 4.69) is 15.3 Å². The largest absolute Gasteiger partial charge is 0.370 e. The molecule has 0 radical (unpaired) electrons. The number of aliphatic imine (C=N–C) groups is 2. The third-order valence-electron chi connectivity index (χ3n) is 8.97. The summed E-state index contributed by atoms with van der Waals surface area (Å²) in [6.45, 7) is -3.42. The van der Waals surface area contributed by atoms with Gasteiger partial charge in [0.15, 0.2) is 12.1 Å². The van der Waals surface area contributed by atoms with Gasteiger partial charge in [0, 0.05) is 14.1 Å². The van der Waals surface area contributed by atoms with Gasteiger partial charge in [-0.05, 0) is 17.7 Å². The van der Waals surface area contributed by atoms with Crippen LogP contribution in [0.3, 0.4) is 0 Å². The molecule has 4 aromatic rings. The number of ether oxygens (including phenoxy) is 1. The van der Waals surface area contributed by atoms with E-state index in [1.54, 1.807) is 0 Å². The first-order valence-electron chi connectivity index (χ1n) is 16.9. The molecule has 1 aliphatic heterocycles. The number of benzene rings is 4. The fourth-order valence-corrected chi connectivity index (χ4v) is 11.2. The van der Waals surface area contributed by atoms with Crippen LogP contribution in [-0.4, -0.2) is 43.7 Å². The Bertz CT molecular complexity index is 1500. The molecule has 0 saturated heterocycles. The molecule has 1 aliphatic rings. The summed E-state index contributed by atoms with van der Waals surface area (Å²) in [7, 11) is 3.83. The summed E-state index contributed by atoms with van der Waals surface area (Å²) in [5.74, 6) is 1.90. The number of hydrogen-bond donors (Lipinski definition) is 2. The Morgan fingerprint density at radius 1 is 0.660 bits per heavy atom. The van der Waals surface area contributed by atoms with Crippen LogP contribution in [0.25, 0.3) is 0 Å². The molecule has 1 heterocycles. The van der Waals surface area contributed by atoms with E-state index < -0.39 is 6.91 Å². The molecule has 0 aromatic heterocycles. The summed E-state index contributed by atoms with van der Waals surface area (Å²) in [5.41, 5.74) is 6.91. The van der Waals surface area contributed by atoms with Crippen molar-refractivity contribution in [3.8, 4) is 5.75 Å². The molecule has 4 aromatic carbocycles. The Kier molecular flexibility index (Phi) is 11.7. The molecule has 0 amide bonds. The van der Waals surface area contributed by atoms with Gasteiger partial charge in [0.2, 0.25) is 5.96 Å². The van der Waals surface area contributed by atoms with Crippen molar-refractivity contribution in [2.45, 2.75) is 57.5 Å². The quantitative estimate of drug-likeness (QED) is 0.0975. The Hall–Kier alpha value is -4.22. The van der Waals surface area contributed by atoms with Crippen LogP contribution in [0.1, 0.15) is 63.1 Å². The molecule has 0 fully saturated rings. The van der Waals surface area contributed by atoms with Gasteiger partial charge in [-0.3, -0.25) is 5.32 Å². The summed E-state index contributed by atoms with van der Waals surface area (Å²) in [6, 6.07) is 37.7. The predicted molar refractivity (Wildman–Crippen MR) is 199 cm³/mol. The first kappa shape index (κ1) is 34.1. The molecule has 0 saturated carbocycles. The van der Waals surface area contributed by atoms with E-state index in [4.69, 9.17) is 10.5 Å². The number of nitrogens with two attached hydrogens (primary N) is 1. The molecular formula is C39H49FN5OP. The normalized spacial score (nSPS) is 15.5. The SMILES string of the molecule is CN(C)C1=NC(c2ccc(OCCCCCCCCCCP(F)(c3ccccc3)(c3ccccc3)c3ccccc3)cc2)N=C(N)N1. The van der Waals surface area contributed by atoms with Gasteiger partial charge in [-0.25, -0.2) is 9.98 Å². The maximum Gasteiger partial charge on any atom is 0.197 e. The molecule has 0 spiro atoms. The van der Waals surface area contributed by atoms with E-state index in [9.17, 15) is 0 Å². The van der Waals surface area contributed by atoms with Crippen LogP contribution >= 0.6 is 6.91 Å². The van der Waals surface area contributed by atoms with Crippen molar-refractivity contribution in [2.75, 3.05) is 26.9 Å². The summed E-state index contributed by atoms with van der Waals surface area (Å²) >= 11 is 0. The van der Waals surface area contributed by atoms with Crippen LogP contribution in [0, 0.1) is 0 Å². The van der Waals surface area contributed by atoms with E-state index in [0.29, 0.717) is 24.7 Å². The second kappa shape index (κ2) is 16.1. The Morgan fingerprint density at radius 2 is 1.13 bits per heavy atom. The average Bonchev–Trinajstić information content (AvgIpc) is 3.11. The molecule has 1 unspecified atom stereocenters.